The van der Waals surface area contributed by atoms with E-state index in [9.17, 15) is 19.3 Å². The Morgan fingerprint density at radius 1 is 1.27 bits per heavy atom. The number of amides is 1. The Morgan fingerprint density at radius 2 is 2.04 bits per heavy atom. The van der Waals surface area contributed by atoms with E-state index in [1.807, 2.05) is 0 Å². The molecule has 1 amide bonds. The fourth-order valence-electron chi connectivity index (χ4n) is 2.25. The maximum Gasteiger partial charge on any atom is 0.271 e. The Labute approximate surface area is 156 Å². The van der Waals surface area contributed by atoms with Crippen molar-refractivity contribution in [3.05, 3.63) is 64.0 Å². The summed E-state index contributed by atoms with van der Waals surface area (Å²) in [7, 11) is 0. The van der Waals surface area contributed by atoms with Gasteiger partial charge in [0.1, 0.15) is 5.82 Å². The molecular weight excluding hydrogens is 377 g/mol. The van der Waals surface area contributed by atoms with Gasteiger partial charge in [-0.2, -0.15) is 0 Å². The summed E-state index contributed by atoms with van der Waals surface area (Å²) in [4.78, 5) is 26.6. The molecule has 0 aliphatic rings. The molecule has 1 N–H and O–H groups in total. The number of thioether (sulfide) groups is 1. The highest BCUT2D eigenvalue weighted by Crippen LogP contribution is 2.31. The first kappa shape index (κ1) is 18.3. The summed E-state index contributed by atoms with van der Waals surface area (Å²) in [6.45, 7) is 0.469. The minimum atomic E-state index is -0.458. The maximum atomic E-state index is 12.8. The zero-order chi connectivity index (χ0) is 18.5. The second-order valence-corrected chi connectivity index (χ2v) is 7.66. The minimum absolute atomic E-state index is 0.00196. The van der Waals surface area contributed by atoms with Gasteiger partial charge in [0, 0.05) is 18.7 Å². The van der Waals surface area contributed by atoms with Crippen molar-refractivity contribution in [3.63, 3.8) is 0 Å². The predicted octanol–water partition coefficient (Wildman–Crippen LogP) is 3.79. The number of nitrogens with zero attached hydrogens (tertiary/aromatic N) is 2. The van der Waals surface area contributed by atoms with E-state index in [2.05, 4.69) is 10.3 Å². The summed E-state index contributed by atoms with van der Waals surface area (Å²) in [5, 5.41) is 13.6. The molecule has 6 nitrogen and oxygen atoms in total. The summed E-state index contributed by atoms with van der Waals surface area (Å²) >= 11 is 2.69. The molecule has 0 saturated carbocycles. The lowest BCUT2D eigenvalue weighted by molar-refractivity contribution is -0.384. The summed E-state index contributed by atoms with van der Waals surface area (Å²) in [5.41, 5.74) is 1.51. The molecule has 0 spiro atoms. The van der Waals surface area contributed by atoms with Crippen molar-refractivity contribution in [2.45, 2.75) is 10.8 Å². The van der Waals surface area contributed by atoms with Gasteiger partial charge >= 0.3 is 0 Å². The number of aromatic nitrogens is 1. The van der Waals surface area contributed by atoms with Crippen molar-refractivity contribution in [2.75, 3.05) is 12.3 Å². The first-order valence-corrected chi connectivity index (χ1v) is 9.50. The Hall–Kier alpha value is -2.52. The molecule has 9 heteroatoms. The summed E-state index contributed by atoms with van der Waals surface area (Å²) in [6, 6.07) is 10.7. The highest BCUT2D eigenvalue weighted by molar-refractivity contribution is 8.01. The number of thiazole rings is 1. The van der Waals surface area contributed by atoms with Crippen LogP contribution in [0.1, 0.15) is 5.56 Å². The quantitative estimate of drug-likeness (QED) is 0.376. The third-order valence-electron chi connectivity index (χ3n) is 3.54. The third kappa shape index (κ3) is 4.77. The van der Waals surface area contributed by atoms with E-state index in [-0.39, 0.29) is 23.2 Å². The monoisotopic (exact) mass is 391 g/mol. The Morgan fingerprint density at radius 3 is 2.77 bits per heavy atom. The smallest absolute Gasteiger partial charge is 0.271 e. The topological polar surface area (TPSA) is 85.1 Å². The highest BCUT2D eigenvalue weighted by Gasteiger charge is 2.11. The van der Waals surface area contributed by atoms with Crippen LogP contribution in [0.15, 0.2) is 46.8 Å². The van der Waals surface area contributed by atoms with Gasteiger partial charge in [0.05, 0.1) is 20.9 Å². The Bertz CT molecular complexity index is 944. The predicted molar refractivity (Wildman–Crippen MR) is 100 cm³/mol. The first-order valence-electron chi connectivity index (χ1n) is 7.70. The van der Waals surface area contributed by atoms with E-state index in [1.165, 1.54) is 47.4 Å². The number of rotatable bonds is 7. The zero-order valence-electron chi connectivity index (χ0n) is 13.5. The zero-order valence-corrected chi connectivity index (χ0v) is 15.1. The van der Waals surface area contributed by atoms with Crippen LogP contribution in [0, 0.1) is 15.9 Å². The number of carbonyl (C=O) groups excluding carboxylic acids is 1. The summed E-state index contributed by atoms with van der Waals surface area (Å²) in [6.07, 6.45) is 0.626. The van der Waals surface area contributed by atoms with Crippen LogP contribution < -0.4 is 5.32 Å². The fourth-order valence-corrected chi connectivity index (χ4v) is 4.12. The third-order valence-corrected chi connectivity index (χ3v) is 5.72. The van der Waals surface area contributed by atoms with E-state index < -0.39 is 4.92 Å². The van der Waals surface area contributed by atoms with Crippen LogP contribution >= 0.6 is 23.1 Å². The molecule has 0 aliphatic heterocycles. The van der Waals surface area contributed by atoms with E-state index in [0.29, 0.717) is 22.8 Å². The van der Waals surface area contributed by atoms with E-state index in [4.69, 9.17) is 0 Å². The van der Waals surface area contributed by atoms with Gasteiger partial charge in [0.2, 0.25) is 5.91 Å². The SMILES string of the molecule is O=C(CSc1nc2cc([N+](=O)[O-])ccc2s1)NCCc1ccc(F)cc1. The van der Waals surface area contributed by atoms with Gasteiger partial charge in [-0.15, -0.1) is 11.3 Å². The normalized spacial score (nSPS) is 10.8. The minimum Gasteiger partial charge on any atom is -0.355 e. The van der Waals surface area contributed by atoms with Crippen LogP contribution in [0.4, 0.5) is 10.1 Å². The van der Waals surface area contributed by atoms with Crippen LogP contribution in [-0.4, -0.2) is 28.1 Å². The lowest BCUT2D eigenvalue weighted by atomic mass is 10.1. The lowest BCUT2D eigenvalue weighted by Crippen LogP contribution is -2.27. The highest BCUT2D eigenvalue weighted by atomic mass is 32.2. The molecule has 0 bridgehead atoms. The number of nitro groups is 1. The fraction of sp³-hybridized carbons (Fsp3) is 0.176. The van der Waals surface area contributed by atoms with Crippen molar-refractivity contribution < 1.29 is 14.1 Å². The van der Waals surface area contributed by atoms with Crippen LogP contribution in [0.2, 0.25) is 0 Å². The largest absolute Gasteiger partial charge is 0.355 e. The number of benzene rings is 2. The average molecular weight is 391 g/mol. The Balaban J connectivity index is 1.48. The molecule has 0 atom stereocenters. The number of non-ortho nitro benzene ring substituents is 1. The molecule has 0 radical (unpaired) electrons. The molecule has 0 unspecified atom stereocenters. The molecule has 3 aromatic rings. The number of nitro benzene ring substituents is 1. The molecule has 1 aromatic heterocycles. The number of hydrogen-bond donors (Lipinski definition) is 1. The van der Waals surface area contributed by atoms with Crippen molar-refractivity contribution in [3.8, 4) is 0 Å². The first-order chi connectivity index (χ1) is 12.5. The van der Waals surface area contributed by atoms with E-state index >= 15 is 0 Å². The number of hydrogen-bond acceptors (Lipinski definition) is 6. The Kier molecular flexibility index (Phi) is 5.79. The maximum absolute atomic E-state index is 12.8. The molecule has 1 heterocycles. The average Bonchev–Trinajstić information content (AvgIpc) is 3.03. The van der Waals surface area contributed by atoms with Gasteiger partial charge in [-0.3, -0.25) is 14.9 Å². The van der Waals surface area contributed by atoms with Crippen LogP contribution in [-0.2, 0) is 11.2 Å². The molecule has 26 heavy (non-hydrogen) atoms. The summed E-state index contributed by atoms with van der Waals surface area (Å²) in [5.74, 6) is -0.191. The van der Waals surface area contributed by atoms with Gasteiger partial charge in [0.15, 0.2) is 4.34 Å². The number of halogens is 1. The number of carbonyl (C=O) groups is 1. The second-order valence-electron chi connectivity index (χ2n) is 5.40. The molecule has 3 rings (SSSR count). The number of nitrogens with one attached hydrogen (secondary N) is 1. The molecule has 0 aliphatic carbocycles. The molecule has 0 saturated heterocycles. The summed E-state index contributed by atoms with van der Waals surface area (Å²) < 4.78 is 14.4. The molecule has 0 fully saturated rings. The van der Waals surface area contributed by atoms with Crippen LogP contribution in [0.25, 0.3) is 10.2 Å². The molecule has 134 valence electrons. The van der Waals surface area contributed by atoms with Gasteiger partial charge in [-0.1, -0.05) is 23.9 Å². The van der Waals surface area contributed by atoms with Crippen molar-refractivity contribution in [1.82, 2.24) is 10.3 Å². The van der Waals surface area contributed by atoms with Crippen molar-refractivity contribution >= 4 is 44.9 Å². The van der Waals surface area contributed by atoms with E-state index in [1.54, 1.807) is 18.2 Å². The van der Waals surface area contributed by atoms with Crippen LogP contribution in [0.3, 0.4) is 0 Å². The molecule has 2 aromatic carbocycles. The van der Waals surface area contributed by atoms with Crippen molar-refractivity contribution in [2.24, 2.45) is 0 Å². The van der Waals surface area contributed by atoms with Gasteiger partial charge in [0.25, 0.3) is 5.69 Å². The molecular formula is C17H14FN3O3S2. The van der Waals surface area contributed by atoms with Crippen molar-refractivity contribution in [1.29, 1.82) is 0 Å². The van der Waals surface area contributed by atoms with Crippen LogP contribution in [0.5, 0.6) is 0 Å². The standard InChI is InChI=1S/C17H14FN3O3S2/c18-12-3-1-11(2-4-12)7-8-19-16(22)10-25-17-20-14-9-13(21(23)24)5-6-15(14)26-17/h1-6,9H,7-8,10H2,(H,19,22). The van der Waals surface area contributed by atoms with Gasteiger partial charge in [-0.25, -0.2) is 9.37 Å². The number of fused-ring (bicyclic) bond motifs is 1. The van der Waals surface area contributed by atoms with Gasteiger partial charge in [-0.05, 0) is 30.2 Å². The second kappa shape index (κ2) is 8.24. The lowest BCUT2D eigenvalue weighted by Gasteiger charge is -2.04. The van der Waals surface area contributed by atoms with Gasteiger partial charge < -0.3 is 5.32 Å². The van der Waals surface area contributed by atoms with E-state index in [0.717, 1.165) is 10.3 Å².